The molecular formula is C26H33N5O6S2. The fourth-order valence-corrected chi connectivity index (χ4v) is 8.05. The molecule has 0 saturated carbocycles. The summed E-state index contributed by atoms with van der Waals surface area (Å²) in [4.78, 5) is 51.9. The second-order valence-corrected chi connectivity index (χ2v) is 13.3. The van der Waals surface area contributed by atoms with Crippen LogP contribution in [0.1, 0.15) is 65.3 Å². The predicted molar refractivity (Wildman–Crippen MR) is 146 cm³/mol. The van der Waals surface area contributed by atoms with Crippen LogP contribution in [0.2, 0.25) is 0 Å². The molecule has 3 heterocycles. The van der Waals surface area contributed by atoms with Crippen molar-refractivity contribution in [2.45, 2.75) is 52.0 Å². The Hall–Kier alpha value is -3.29. The van der Waals surface area contributed by atoms with Gasteiger partial charge in [0.1, 0.15) is 5.00 Å². The quantitative estimate of drug-likeness (QED) is 0.467. The number of anilines is 1. The molecule has 39 heavy (non-hydrogen) atoms. The normalized spacial score (nSPS) is 19.6. The molecule has 1 fully saturated rings. The Morgan fingerprint density at radius 3 is 2.18 bits per heavy atom. The third-order valence-electron chi connectivity index (χ3n) is 6.90. The SMILES string of the molecule is CC(=O)NNC(=O)c1c(NC(=O)c2ccc(S(=O)(=O)N3CC(C)CC(C)C3)cc2)sc2c1CCN(C(C)=O)C2. The van der Waals surface area contributed by atoms with Gasteiger partial charge in [-0.15, -0.1) is 11.3 Å². The largest absolute Gasteiger partial charge is 0.337 e. The topological polar surface area (TPSA) is 145 Å². The minimum atomic E-state index is -3.69. The second-order valence-electron chi connectivity index (χ2n) is 10.3. The minimum Gasteiger partial charge on any atom is -0.337 e. The van der Waals surface area contributed by atoms with Crippen LogP contribution in [0, 0.1) is 11.8 Å². The Bertz CT molecular complexity index is 1390. The maximum atomic E-state index is 13.2. The molecule has 4 amide bonds. The highest BCUT2D eigenvalue weighted by Crippen LogP contribution is 2.37. The van der Waals surface area contributed by atoms with Crippen LogP contribution < -0.4 is 16.2 Å². The van der Waals surface area contributed by atoms with Gasteiger partial charge < -0.3 is 10.2 Å². The highest BCUT2D eigenvalue weighted by atomic mass is 32.2. The zero-order valence-corrected chi connectivity index (χ0v) is 24.0. The third kappa shape index (κ3) is 6.31. The van der Waals surface area contributed by atoms with E-state index in [2.05, 4.69) is 16.2 Å². The summed E-state index contributed by atoms with van der Waals surface area (Å²) in [6.45, 7) is 8.47. The smallest absolute Gasteiger partial charge is 0.272 e. The van der Waals surface area contributed by atoms with Crippen LogP contribution in [0.3, 0.4) is 0 Å². The lowest BCUT2D eigenvalue weighted by molar-refractivity contribution is -0.129. The summed E-state index contributed by atoms with van der Waals surface area (Å²) in [5.74, 6) is -1.11. The van der Waals surface area contributed by atoms with Gasteiger partial charge >= 0.3 is 0 Å². The molecular weight excluding hydrogens is 542 g/mol. The van der Waals surface area contributed by atoms with Gasteiger partial charge in [0.05, 0.1) is 17.0 Å². The molecule has 0 bridgehead atoms. The number of hydrogen-bond acceptors (Lipinski definition) is 7. The van der Waals surface area contributed by atoms with Crippen LogP contribution in [0.25, 0.3) is 0 Å². The van der Waals surface area contributed by atoms with E-state index in [1.54, 1.807) is 4.90 Å². The first-order valence-electron chi connectivity index (χ1n) is 12.7. The van der Waals surface area contributed by atoms with Gasteiger partial charge in [-0.05, 0) is 54.5 Å². The molecule has 2 atom stereocenters. The summed E-state index contributed by atoms with van der Waals surface area (Å²) in [6, 6.07) is 5.73. The lowest BCUT2D eigenvalue weighted by Gasteiger charge is -2.34. The van der Waals surface area contributed by atoms with Crippen LogP contribution in [-0.2, 0) is 32.6 Å². The number of nitrogens with zero attached hydrogens (tertiary/aromatic N) is 2. The standard InChI is InChI=1S/C26H33N5O6S2/c1-15-11-16(2)13-31(12-15)39(36,37)20-7-5-19(6-8-20)24(34)27-26-23(25(35)29-28-17(3)32)21-9-10-30(18(4)33)14-22(21)38-26/h5-8,15-16H,9-14H2,1-4H3,(H,27,34)(H,28,32)(H,29,35). The van der Waals surface area contributed by atoms with Crippen molar-refractivity contribution in [1.29, 1.82) is 0 Å². The number of hydrazine groups is 1. The average Bonchev–Trinajstić information content (AvgIpc) is 3.23. The van der Waals surface area contributed by atoms with Gasteiger partial charge in [0.15, 0.2) is 0 Å². The van der Waals surface area contributed by atoms with Crippen molar-refractivity contribution < 1.29 is 27.6 Å². The zero-order chi connectivity index (χ0) is 28.5. The summed E-state index contributed by atoms with van der Waals surface area (Å²) in [5.41, 5.74) is 5.77. The predicted octanol–water partition coefficient (Wildman–Crippen LogP) is 2.35. The van der Waals surface area contributed by atoms with Gasteiger partial charge in [-0.2, -0.15) is 4.31 Å². The van der Waals surface area contributed by atoms with E-state index in [0.29, 0.717) is 38.2 Å². The number of nitrogens with one attached hydrogen (secondary N) is 3. The van der Waals surface area contributed by atoms with Gasteiger partial charge in [-0.3, -0.25) is 30.0 Å². The van der Waals surface area contributed by atoms with Crippen LogP contribution in [0.15, 0.2) is 29.2 Å². The fraction of sp³-hybridized carbons (Fsp3) is 0.462. The number of carbonyl (C=O) groups is 4. The highest BCUT2D eigenvalue weighted by Gasteiger charge is 2.32. The van der Waals surface area contributed by atoms with Crippen LogP contribution >= 0.6 is 11.3 Å². The Morgan fingerprint density at radius 2 is 1.59 bits per heavy atom. The van der Waals surface area contributed by atoms with Crippen molar-refractivity contribution in [3.8, 4) is 0 Å². The number of thiophene rings is 1. The lowest BCUT2D eigenvalue weighted by atomic mass is 9.94. The summed E-state index contributed by atoms with van der Waals surface area (Å²) < 4.78 is 27.9. The van der Waals surface area contributed by atoms with E-state index in [9.17, 15) is 27.6 Å². The number of rotatable bonds is 5. The summed E-state index contributed by atoms with van der Waals surface area (Å²) in [7, 11) is -3.69. The van der Waals surface area contributed by atoms with Crippen LogP contribution in [-0.4, -0.2) is 60.9 Å². The highest BCUT2D eigenvalue weighted by molar-refractivity contribution is 7.89. The molecule has 210 valence electrons. The van der Waals surface area contributed by atoms with Crippen molar-refractivity contribution in [3.63, 3.8) is 0 Å². The number of amides is 4. The van der Waals surface area contributed by atoms with Crippen LogP contribution in [0.4, 0.5) is 5.00 Å². The molecule has 13 heteroatoms. The number of piperidine rings is 1. The molecule has 1 aromatic heterocycles. The first kappa shape index (κ1) is 28.7. The van der Waals surface area contributed by atoms with E-state index in [1.165, 1.54) is 53.8 Å². The summed E-state index contributed by atoms with van der Waals surface area (Å²) in [5, 5.41) is 3.06. The molecule has 11 nitrogen and oxygen atoms in total. The average molecular weight is 576 g/mol. The molecule has 1 aromatic carbocycles. The van der Waals surface area contributed by atoms with E-state index in [-0.39, 0.29) is 38.8 Å². The maximum Gasteiger partial charge on any atom is 0.272 e. The van der Waals surface area contributed by atoms with Crippen molar-refractivity contribution in [2.75, 3.05) is 25.0 Å². The van der Waals surface area contributed by atoms with E-state index in [0.717, 1.165) is 11.3 Å². The molecule has 2 unspecified atom stereocenters. The van der Waals surface area contributed by atoms with Gasteiger partial charge in [-0.25, -0.2) is 8.42 Å². The van der Waals surface area contributed by atoms with E-state index < -0.39 is 27.7 Å². The van der Waals surface area contributed by atoms with Crippen molar-refractivity contribution in [2.24, 2.45) is 11.8 Å². The molecule has 2 aliphatic heterocycles. The van der Waals surface area contributed by atoms with E-state index >= 15 is 0 Å². The van der Waals surface area contributed by atoms with Gasteiger partial charge in [0.25, 0.3) is 11.8 Å². The number of fused-ring (bicyclic) bond motifs is 1. The first-order chi connectivity index (χ1) is 18.4. The lowest BCUT2D eigenvalue weighted by Crippen LogP contribution is -2.42. The van der Waals surface area contributed by atoms with E-state index in [4.69, 9.17) is 0 Å². The fourth-order valence-electron chi connectivity index (χ4n) is 5.11. The second kappa shape index (κ2) is 11.4. The van der Waals surface area contributed by atoms with Crippen molar-refractivity contribution >= 4 is 50.0 Å². The Balaban J connectivity index is 1.56. The summed E-state index contributed by atoms with van der Waals surface area (Å²) >= 11 is 1.19. The van der Waals surface area contributed by atoms with E-state index in [1.807, 2.05) is 13.8 Å². The minimum absolute atomic E-state index is 0.0904. The van der Waals surface area contributed by atoms with Gasteiger partial charge in [0.2, 0.25) is 21.8 Å². The first-order valence-corrected chi connectivity index (χ1v) is 15.0. The monoisotopic (exact) mass is 575 g/mol. The Labute approximate surface area is 232 Å². The summed E-state index contributed by atoms with van der Waals surface area (Å²) in [6.07, 6.45) is 1.40. The Morgan fingerprint density at radius 1 is 0.949 bits per heavy atom. The molecule has 0 radical (unpaired) electrons. The zero-order valence-electron chi connectivity index (χ0n) is 22.4. The maximum absolute atomic E-state index is 13.2. The molecule has 0 aliphatic carbocycles. The molecule has 2 aromatic rings. The Kier molecular flexibility index (Phi) is 8.42. The number of hydrogen-bond donors (Lipinski definition) is 3. The van der Waals surface area contributed by atoms with Crippen LogP contribution in [0.5, 0.6) is 0 Å². The molecule has 1 saturated heterocycles. The molecule has 3 N–H and O–H groups in total. The van der Waals surface area contributed by atoms with Crippen molar-refractivity contribution in [3.05, 3.63) is 45.8 Å². The molecule has 4 rings (SSSR count). The number of benzene rings is 1. The third-order valence-corrected chi connectivity index (χ3v) is 9.88. The molecule has 0 spiro atoms. The molecule has 2 aliphatic rings. The van der Waals surface area contributed by atoms with Gasteiger partial charge in [0, 0.05) is 43.9 Å². The number of carbonyl (C=O) groups excluding carboxylic acids is 4. The number of sulfonamides is 1. The van der Waals surface area contributed by atoms with Gasteiger partial charge in [-0.1, -0.05) is 13.8 Å². The van der Waals surface area contributed by atoms with Crippen molar-refractivity contribution in [1.82, 2.24) is 20.1 Å².